The number of carbonyl (C=O) groups is 5. The number of nitrogens with two attached hydrogens (primary N) is 2. The summed E-state index contributed by atoms with van der Waals surface area (Å²) in [7, 11) is 0. The summed E-state index contributed by atoms with van der Waals surface area (Å²) in [5, 5.41) is 25.2. The second-order valence-electron chi connectivity index (χ2n) is 6.88. The highest BCUT2D eigenvalue weighted by Crippen LogP contribution is 2.06. The van der Waals surface area contributed by atoms with Crippen LogP contribution >= 0.6 is 23.5 Å². The molecular weight excluding hydrogens is 462 g/mol. The number of aliphatic hydroxyl groups excluding tert-OH is 1. The third-order valence-corrected chi connectivity index (χ3v) is 5.61. The molecule has 4 unspecified atom stereocenters. The highest BCUT2D eigenvalue weighted by atomic mass is 32.2. The van der Waals surface area contributed by atoms with E-state index >= 15 is 0 Å². The summed E-state index contributed by atoms with van der Waals surface area (Å²) in [5.74, 6) is -3.10. The van der Waals surface area contributed by atoms with Gasteiger partial charge in [0.15, 0.2) is 0 Å². The molecule has 0 saturated carbocycles. The van der Waals surface area contributed by atoms with E-state index < -0.39 is 60.4 Å². The summed E-state index contributed by atoms with van der Waals surface area (Å²) < 4.78 is 0. The highest BCUT2D eigenvalue weighted by Gasteiger charge is 2.30. The molecule has 12 nitrogen and oxygen atoms in total. The molecule has 0 aliphatic heterocycles. The Morgan fingerprint density at radius 2 is 1.28 bits per heavy atom. The van der Waals surface area contributed by atoms with E-state index in [2.05, 4.69) is 16.0 Å². The van der Waals surface area contributed by atoms with Gasteiger partial charge >= 0.3 is 5.97 Å². The Hall–Kier alpha value is -2.03. The Morgan fingerprint density at radius 1 is 0.812 bits per heavy atom. The first kappa shape index (κ1) is 30.0. The first-order valence-corrected chi connectivity index (χ1v) is 12.6. The molecule has 0 rings (SSSR count). The number of hydrogen-bond donors (Lipinski definition) is 7. The van der Waals surface area contributed by atoms with Crippen LogP contribution in [-0.4, -0.2) is 94.6 Å². The fraction of sp³-hybridized carbons (Fsp3) is 0.722. The Balaban J connectivity index is 5.38. The van der Waals surface area contributed by atoms with E-state index in [1.165, 1.54) is 23.5 Å². The number of carbonyl (C=O) groups excluding carboxylic acids is 4. The van der Waals surface area contributed by atoms with Crippen LogP contribution in [0.3, 0.4) is 0 Å². The third-order valence-electron chi connectivity index (χ3n) is 4.32. The molecule has 0 aliphatic rings. The number of aliphatic carboxylic acids is 1. The van der Waals surface area contributed by atoms with E-state index in [9.17, 15) is 24.0 Å². The van der Waals surface area contributed by atoms with Crippen molar-refractivity contribution in [1.29, 1.82) is 0 Å². The standard InChI is InChI=1S/C18H33N5O7S2/c1-31-7-5-10(19)15(26)21-12(6-8-32-2)17(28)22-11(3-4-14(20)25)16(27)23-13(9-24)18(29)30/h10-13,24H,3-9,19H2,1-2H3,(H2,20,25)(H,21,26)(H,22,28)(H,23,27)(H,29,30). The van der Waals surface area contributed by atoms with Gasteiger partial charge in [0.05, 0.1) is 12.6 Å². The van der Waals surface area contributed by atoms with Crippen LogP contribution in [0, 0.1) is 0 Å². The monoisotopic (exact) mass is 495 g/mol. The van der Waals surface area contributed by atoms with Crippen LogP contribution in [0.1, 0.15) is 25.7 Å². The van der Waals surface area contributed by atoms with Gasteiger partial charge in [0.25, 0.3) is 0 Å². The van der Waals surface area contributed by atoms with Crippen molar-refractivity contribution in [3.8, 4) is 0 Å². The lowest BCUT2D eigenvalue weighted by Crippen LogP contribution is -2.57. The molecule has 184 valence electrons. The lowest BCUT2D eigenvalue weighted by Gasteiger charge is -2.24. The van der Waals surface area contributed by atoms with E-state index in [0.717, 1.165) is 0 Å². The minimum absolute atomic E-state index is 0.193. The van der Waals surface area contributed by atoms with Gasteiger partial charge in [-0.15, -0.1) is 0 Å². The SMILES string of the molecule is CSCCC(N)C(=O)NC(CCSC)C(=O)NC(CCC(N)=O)C(=O)NC(CO)C(=O)O. The molecule has 0 heterocycles. The van der Waals surface area contributed by atoms with E-state index in [1.54, 1.807) is 0 Å². The first-order valence-electron chi connectivity index (χ1n) is 9.83. The Labute approximate surface area is 195 Å². The number of thioether (sulfide) groups is 2. The Kier molecular flexibility index (Phi) is 15.5. The van der Waals surface area contributed by atoms with Crippen LogP contribution in [0.25, 0.3) is 0 Å². The molecule has 4 amide bonds. The second-order valence-corrected chi connectivity index (χ2v) is 8.85. The lowest BCUT2D eigenvalue weighted by atomic mass is 10.1. The van der Waals surface area contributed by atoms with Gasteiger partial charge in [-0.3, -0.25) is 19.2 Å². The van der Waals surface area contributed by atoms with Gasteiger partial charge in [-0.25, -0.2) is 4.79 Å². The number of rotatable bonds is 17. The zero-order valence-electron chi connectivity index (χ0n) is 18.2. The molecule has 0 saturated heterocycles. The van der Waals surface area contributed by atoms with Gasteiger partial charge in [-0.2, -0.15) is 23.5 Å². The minimum atomic E-state index is -1.59. The fourth-order valence-electron chi connectivity index (χ4n) is 2.44. The maximum absolute atomic E-state index is 12.8. The molecule has 0 spiro atoms. The zero-order valence-corrected chi connectivity index (χ0v) is 19.8. The Morgan fingerprint density at radius 3 is 1.75 bits per heavy atom. The van der Waals surface area contributed by atoms with Gasteiger partial charge in [0.1, 0.15) is 18.1 Å². The molecule has 0 aromatic rings. The van der Waals surface area contributed by atoms with E-state index in [0.29, 0.717) is 17.9 Å². The molecule has 0 radical (unpaired) electrons. The normalized spacial score (nSPS) is 14.5. The number of amides is 4. The Bertz CT molecular complexity index is 653. The van der Waals surface area contributed by atoms with E-state index in [4.69, 9.17) is 21.7 Å². The number of aliphatic hydroxyl groups is 1. The maximum atomic E-state index is 12.8. The number of carboxylic acids is 1. The van der Waals surface area contributed by atoms with Crippen LogP contribution in [0.15, 0.2) is 0 Å². The van der Waals surface area contributed by atoms with Crippen molar-refractivity contribution < 1.29 is 34.2 Å². The largest absolute Gasteiger partial charge is 0.480 e. The molecular formula is C18H33N5O7S2. The predicted octanol–water partition coefficient (Wildman–Crippen LogP) is -2.38. The van der Waals surface area contributed by atoms with Crippen molar-refractivity contribution in [2.75, 3.05) is 30.6 Å². The van der Waals surface area contributed by atoms with Crippen LogP contribution in [-0.2, 0) is 24.0 Å². The average molecular weight is 496 g/mol. The van der Waals surface area contributed by atoms with Gasteiger partial charge in [-0.1, -0.05) is 0 Å². The topological polar surface area (TPSA) is 214 Å². The molecule has 0 fully saturated rings. The number of hydrogen-bond acceptors (Lipinski definition) is 9. The minimum Gasteiger partial charge on any atom is -0.480 e. The quantitative estimate of drug-likeness (QED) is 0.114. The van der Waals surface area contributed by atoms with Crippen molar-refractivity contribution >= 4 is 53.1 Å². The zero-order chi connectivity index (χ0) is 24.7. The van der Waals surface area contributed by atoms with Gasteiger partial charge in [-0.05, 0) is 43.3 Å². The van der Waals surface area contributed by atoms with Crippen molar-refractivity contribution in [2.24, 2.45) is 11.5 Å². The average Bonchev–Trinajstić information content (AvgIpc) is 2.74. The summed E-state index contributed by atoms with van der Waals surface area (Å²) in [6, 6.07) is -4.69. The van der Waals surface area contributed by atoms with Gasteiger partial charge in [0, 0.05) is 6.42 Å². The summed E-state index contributed by atoms with van der Waals surface area (Å²) in [5.41, 5.74) is 11.0. The number of nitrogens with one attached hydrogen (secondary N) is 3. The summed E-state index contributed by atoms with van der Waals surface area (Å²) in [4.78, 5) is 59.9. The molecule has 0 bridgehead atoms. The van der Waals surface area contributed by atoms with Crippen molar-refractivity contribution in [2.45, 2.75) is 49.9 Å². The van der Waals surface area contributed by atoms with Gasteiger partial charge < -0.3 is 37.6 Å². The highest BCUT2D eigenvalue weighted by molar-refractivity contribution is 7.98. The second kappa shape index (κ2) is 16.6. The molecule has 0 aromatic carbocycles. The third kappa shape index (κ3) is 12.1. The lowest BCUT2D eigenvalue weighted by molar-refractivity contribution is -0.143. The molecule has 4 atom stereocenters. The summed E-state index contributed by atoms with van der Waals surface area (Å²) >= 11 is 2.98. The van der Waals surface area contributed by atoms with E-state index in [1.807, 2.05) is 12.5 Å². The van der Waals surface area contributed by atoms with Crippen LogP contribution in [0.2, 0.25) is 0 Å². The number of carboxylic acid groups (broad SMARTS) is 1. The molecule has 9 N–H and O–H groups in total. The number of primary amides is 1. The fourth-order valence-corrected chi connectivity index (χ4v) is 3.41. The van der Waals surface area contributed by atoms with Gasteiger partial charge in [0.2, 0.25) is 23.6 Å². The smallest absolute Gasteiger partial charge is 0.328 e. The molecule has 0 aliphatic carbocycles. The molecule has 32 heavy (non-hydrogen) atoms. The summed E-state index contributed by atoms with van der Waals surface area (Å²) in [6.45, 7) is -0.863. The first-order chi connectivity index (χ1) is 15.1. The molecule has 14 heteroatoms. The van der Waals surface area contributed by atoms with Crippen LogP contribution in [0.5, 0.6) is 0 Å². The van der Waals surface area contributed by atoms with Crippen LogP contribution in [0.4, 0.5) is 0 Å². The van der Waals surface area contributed by atoms with Crippen molar-refractivity contribution in [3.05, 3.63) is 0 Å². The maximum Gasteiger partial charge on any atom is 0.328 e. The van der Waals surface area contributed by atoms with Crippen molar-refractivity contribution in [1.82, 2.24) is 16.0 Å². The summed E-state index contributed by atoms with van der Waals surface area (Å²) in [6.07, 6.45) is 3.93. The predicted molar refractivity (Wildman–Crippen MR) is 123 cm³/mol. The van der Waals surface area contributed by atoms with Crippen molar-refractivity contribution in [3.63, 3.8) is 0 Å². The molecule has 0 aromatic heterocycles. The van der Waals surface area contributed by atoms with Crippen LogP contribution < -0.4 is 27.4 Å². The van der Waals surface area contributed by atoms with E-state index in [-0.39, 0.29) is 19.3 Å².